The third-order valence-corrected chi connectivity index (χ3v) is 4.77. The van der Waals surface area contributed by atoms with Crippen LogP contribution in [0.15, 0.2) is 18.2 Å². The lowest BCUT2D eigenvalue weighted by atomic mass is 10.0. The van der Waals surface area contributed by atoms with Gasteiger partial charge in [0.15, 0.2) is 0 Å². The summed E-state index contributed by atoms with van der Waals surface area (Å²) in [5.74, 6) is -0.221. The molecule has 0 bridgehead atoms. The van der Waals surface area contributed by atoms with E-state index in [1.807, 2.05) is 6.92 Å². The molecule has 0 saturated carbocycles. The van der Waals surface area contributed by atoms with Gasteiger partial charge in [-0.15, -0.1) is 0 Å². The molecule has 22 heavy (non-hydrogen) atoms. The quantitative estimate of drug-likeness (QED) is 0.807. The molecule has 0 aliphatic carbocycles. The minimum absolute atomic E-state index is 0.198. The molecule has 1 saturated heterocycles. The van der Waals surface area contributed by atoms with Crippen molar-refractivity contribution in [3.63, 3.8) is 0 Å². The van der Waals surface area contributed by atoms with Crippen molar-refractivity contribution in [1.29, 1.82) is 0 Å². The molecule has 1 fully saturated rings. The Morgan fingerprint density at radius 1 is 1.41 bits per heavy atom. The molecule has 1 aromatic rings. The molecule has 2 rings (SSSR count). The summed E-state index contributed by atoms with van der Waals surface area (Å²) >= 11 is 6.09. The molecule has 0 amide bonds. The Morgan fingerprint density at radius 2 is 2.14 bits per heavy atom. The van der Waals surface area contributed by atoms with Gasteiger partial charge in [0.2, 0.25) is 0 Å². The van der Waals surface area contributed by atoms with Gasteiger partial charge in [0.05, 0.1) is 6.10 Å². The predicted molar refractivity (Wildman–Crippen MR) is 88.6 cm³/mol. The van der Waals surface area contributed by atoms with Crippen molar-refractivity contribution in [3.05, 3.63) is 34.6 Å². The number of likely N-dealkylation sites (tertiary alicyclic amines) is 1. The van der Waals surface area contributed by atoms with Crippen LogP contribution in [-0.4, -0.2) is 41.8 Å². The lowest BCUT2D eigenvalue weighted by Crippen LogP contribution is -2.42. The Balaban J connectivity index is 1.73. The van der Waals surface area contributed by atoms with Gasteiger partial charge in [0, 0.05) is 23.2 Å². The Kier molecular flexibility index (Phi) is 7.09. The summed E-state index contributed by atoms with van der Waals surface area (Å²) in [6.07, 6.45) is 3.52. The summed E-state index contributed by atoms with van der Waals surface area (Å²) in [6, 6.07) is 5.35. The van der Waals surface area contributed by atoms with Crippen LogP contribution in [-0.2, 0) is 6.54 Å². The van der Waals surface area contributed by atoms with Crippen LogP contribution < -0.4 is 5.32 Å². The topological polar surface area (TPSA) is 35.5 Å². The first-order chi connectivity index (χ1) is 10.6. The molecule has 0 aromatic heterocycles. The van der Waals surface area contributed by atoms with Crippen LogP contribution >= 0.6 is 11.6 Å². The van der Waals surface area contributed by atoms with E-state index in [2.05, 4.69) is 10.2 Å². The van der Waals surface area contributed by atoms with E-state index >= 15 is 0 Å². The highest BCUT2D eigenvalue weighted by atomic mass is 35.5. The molecule has 5 heteroatoms. The van der Waals surface area contributed by atoms with Gasteiger partial charge in [-0.05, 0) is 57.5 Å². The minimum atomic E-state index is -0.221. The van der Waals surface area contributed by atoms with Crippen LogP contribution in [0.2, 0.25) is 5.02 Å². The van der Waals surface area contributed by atoms with E-state index < -0.39 is 0 Å². The monoisotopic (exact) mass is 328 g/mol. The molecule has 1 heterocycles. The zero-order valence-electron chi connectivity index (χ0n) is 13.2. The Labute approximate surface area is 137 Å². The molecule has 2 N–H and O–H groups in total. The van der Waals surface area contributed by atoms with Gasteiger partial charge >= 0.3 is 0 Å². The zero-order valence-corrected chi connectivity index (χ0v) is 13.9. The fourth-order valence-electron chi connectivity index (χ4n) is 2.86. The van der Waals surface area contributed by atoms with E-state index in [9.17, 15) is 9.50 Å². The number of aliphatic hydroxyl groups is 1. The van der Waals surface area contributed by atoms with Crippen LogP contribution in [0.4, 0.5) is 4.39 Å². The minimum Gasteiger partial charge on any atom is -0.393 e. The van der Waals surface area contributed by atoms with Crippen LogP contribution in [0, 0.1) is 5.82 Å². The highest BCUT2D eigenvalue weighted by molar-refractivity contribution is 6.31. The number of nitrogens with zero attached hydrogens (tertiary/aromatic N) is 1. The fourth-order valence-corrected chi connectivity index (χ4v) is 3.08. The Morgan fingerprint density at radius 3 is 2.77 bits per heavy atom. The van der Waals surface area contributed by atoms with Gasteiger partial charge in [-0.1, -0.05) is 24.6 Å². The summed E-state index contributed by atoms with van der Waals surface area (Å²) in [5, 5.41) is 13.6. The maximum absolute atomic E-state index is 13.8. The van der Waals surface area contributed by atoms with E-state index in [1.165, 1.54) is 6.07 Å². The lowest BCUT2D eigenvalue weighted by Gasteiger charge is -2.32. The summed E-state index contributed by atoms with van der Waals surface area (Å²) in [6.45, 7) is 5.32. The molecule has 0 radical (unpaired) electrons. The molecule has 1 aliphatic heterocycles. The maximum Gasteiger partial charge on any atom is 0.129 e. The largest absolute Gasteiger partial charge is 0.393 e. The zero-order chi connectivity index (χ0) is 15.9. The number of aliphatic hydroxyl groups excluding tert-OH is 1. The van der Waals surface area contributed by atoms with E-state index in [0.29, 0.717) is 23.2 Å². The Hall–Kier alpha value is -0.680. The van der Waals surface area contributed by atoms with Gasteiger partial charge in [0.1, 0.15) is 5.82 Å². The van der Waals surface area contributed by atoms with Crippen molar-refractivity contribution in [2.24, 2.45) is 0 Å². The van der Waals surface area contributed by atoms with Crippen molar-refractivity contribution in [3.8, 4) is 0 Å². The van der Waals surface area contributed by atoms with Crippen molar-refractivity contribution in [1.82, 2.24) is 10.2 Å². The summed E-state index contributed by atoms with van der Waals surface area (Å²) in [7, 11) is 0. The SMILES string of the molecule is CCC(O)CCNC1CCN(Cc2c(F)cccc2Cl)CC1. The highest BCUT2D eigenvalue weighted by Gasteiger charge is 2.20. The van der Waals surface area contributed by atoms with Crippen LogP contribution in [0.25, 0.3) is 0 Å². The number of nitrogens with one attached hydrogen (secondary N) is 1. The average Bonchev–Trinajstić information content (AvgIpc) is 2.52. The second kappa shape index (κ2) is 8.82. The molecular weight excluding hydrogens is 303 g/mol. The third kappa shape index (κ3) is 5.20. The second-order valence-electron chi connectivity index (χ2n) is 6.06. The molecular formula is C17H26ClFN2O. The lowest BCUT2D eigenvalue weighted by molar-refractivity contribution is 0.151. The normalized spacial score (nSPS) is 18.5. The first-order valence-electron chi connectivity index (χ1n) is 8.16. The summed E-state index contributed by atoms with van der Waals surface area (Å²) < 4.78 is 13.8. The van der Waals surface area contributed by atoms with Crippen molar-refractivity contribution in [2.75, 3.05) is 19.6 Å². The average molecular weight is 329 g/mol. The van der Waals surface area contributed by atoms with Crippen LogP contribution in [0.5, 0.6) is 0 Å². The van der Waals surface area contributed by atoms with Crippen LogP contribution in [0.1, 0.15) is 38.2 Å². The van der Waals surface area contributed by atoms with E-state index in [4.69, 9.17) is 11.6 Å². The number of hydrogen-bond donors (Lipinski definition) is 2. The van der Waals surface area contributed by atoms with Gasteiger partial charge in [-0.2, -0.15) is 0 Å². The van der Waals surface area contributed by atoms with Gasteiger partial charge in [-0.3, -0.25) is 4.90 Å². The summed E-state index contributed by atoms with van der Waals surface area (Å²) in [5.41, 5.74) is 0.599. The molecule has 0 spiro atoms. The van der Waals surface area contributed by atoms with Crippen molar-refractivity contribution >= 4 is 11.6 Å². The van der Waals surface area contributed by atoms with Gasteiger partial charge in [0.25, 0.3) is 0 Å². The fraction of sp³-hybridized carbons (Fsp3) is 0.647. The smallest absolute Gasteiger partial charge is 0.129 e. The molecule has 124 valence electrons. The highest BCUT2D eigenvalue weighted by Crippen LogP contribution is 2.22. The maximum atomic E-state index is 13.8. The van der Waals surface area contributed by atoms with Gasteiger partial charge in [-0.25, -0.2) is 4.39 Å². The first kappa shape index (κ1) is 17.7. The van der Waals surface area contributed by atoms with E-state index in [0.717, 1.165) is 45.3 Å². The summed E-state index contributed by atoms with van der Waals surface area (Å²) in [4.78, 5) is 2.25. The van der Waals surface area contributed by atoms with Crippen molar-refractivity contribution < 1.29 is 9.50 Å². The number of rotatable bonds is 7. The second-order valence-corrected chi connectivity index (χ2v) is 6.46. The van der Waals surface area contributed by atoms with E-state index in [1.54, 1.807) is 12.1 Å². The van der Waals surface area contributed by atoms with Gasteiger partial charge < -0.3 is 10.4 Å². The molecule has 1 unspecified atom stereocenters. The predicted octanol–water partition coefficient (Wildman–Crippen LogP) is 3.19. The van der Waals surface area contributed by atoms with Crippen LogP contribution in [0.3, 0.4) is 0 Å². The molecule has 3 nitrogen and oxygen atoms in total. The molecule has 1 aliphatic rings. The Bertz CT molecular complexity index is 444. The first-order valence-corrected chi connectivity index (χ1v) is 8.54. The van der Waals surface area contributed by atoms with E-state index in [-0.39, 0.29) is 11.9 Å². The standard InChI is InChI=1S/C17H26ClFN2O/c1-2-14(22)6-9-20-13-7-10-21(11-8-13)12-15-16(18)4-3-5-17(15)19/h3-5,13-14,20,22H,2,6-12H2,1H3. The molecule has 1 atom stereocenters. The number of piperidine rings is 1. The third-order valence-electron chi connectivity index (χ3n) is 4.41. The number of hydrogen-bond acceptors (Lipinski definition) is 3. The number of benzene rings is 1. The number of halogens is 2. The molecule has 1 aromatic carbocycles. The van der Waals surface area contributed by atoms with Crippen molar-refractivity contribution in [2.45, 2.75) is 51.3 Å².